The van der Waals surface area contributed by atoms with Crippen LogP contribution in [0.5, 0.6) is 5.75 Å². The lowest BCUT2D eigenvalue weighted by atomic mass is 10.3. The van der Waals surface area contributed by atoms with Crippen molar-refractivity contribution in [2.24, 2.45) is 0 Å². The second-order valence-electron chi connectivity index (χ2n) is 4.13. The number of hydrogen-bond acceptors (Lipinski definition) is 4. The van der Waals surface area contributed by atoms with E-state index in [0.29, 0.717) is 24.5 Å². The molecule has 0 saturated carbocycles. The van der Waals surface area contributed by atoms with Gasteiger partial charge in [0, 0.05) is 12.1 Å². The van der Waals surface area contributed by atoms with Crippen LogP contribution in [0.4, 0.5) is 5.69 Å². The van der Waals surface area contributed by atoms with E-state index in [4.69, 9.17) is 4.74 Å². The summed E-state index contributed by atoms with van der Waals surface area (Å²) >= 11 is 0. The number of non-ortho nitro benzene ring substituents is 1. The Labute approximate surface area is 112 Å². The maximum Gasteiger partial charge on any atom is 0.269 e. The molecule has 0 bridgehead atoms. The molecule has 104 valence electrons. The largest absolute Gasteiger partial charge is 0.628 e. The van der Waals surface area contributed by atoms with Crippen molar-refractivity contribution in [2.75, 3.05) is 19.7 Å². The maximum atomic E-state index is 12.2. The Morgan fingerprint density at radius 2 is 1.84 bits per heavy atom. The van der Waals surface area contributed by atoms with Crippen molar-refractivity contribution in [1.29, 1.82) is 0 Å². The van der Waals surface area contributed by atoms with Gasteiger partial charge in [-0.05, 0) is 32.6 Å². The van der Waals surface area contributed by atoms with Gasteiger partial charge >= 0.3 is 0 Å². The summed E-state index contributed by atoms with van der Waals surface area (Å²) < 4.78 is 4.92. The van der Waals surface area contributed by atoms with E-state index in [1.807, 2.05) is 0 Å². The first-order valence-corrected chi connectivity index (χ1v) is 6.06. The number of hydroxylamine groups is 3. The van der Waals surface area contributed by atoms with Gasteiger partial charge in [0.2, 0.25) is 0 Å². The minimum absolute atomic E-state index is 0.00208. The molecular weight excluding hydrogens is 248 g/mol. The Bertz CT molecular complexity index is 452. The second-order valence-corrected chi connectivity index (χ2v) is 4.13. The standard InChI is InChI=1S/C13H18N2O4/c1-4-15(18,5-2)11(3)10-19-13-8-6-12(7-9-13)14(16)17/h6-9H,3-5,10H2,1-2H3. The molecular formula is C13H18N2O4. The highest BCUT2D eigenvalue weighted by atomic mass is 16.6. The summed E-state index contributed by atoms with van der Waals surface area (Å²) in [6.45, 7) is 8.26. The first-order valence-electron chi connectivity index (χ1n) is 6.06. The predicted octanol–water partition coefficient (Wildman–Crippen LogP) is 2.84. The number of quaternary nitrogens is 1. The summed E-state index contributed by atoms with van der Waals surface area (Å²) in [6, 6.07) is 5.72. The number of rotatable bonds is 7. The van der Waals surface area contributed by atoms with Gasteiger partial charge in [-0.15, -0.1) is 0 Å². The van der Waals surface area contributed by atoms with Gasteiger partial charge in [-0.2, -0.15) is 0 Å². The zero-order valence-corrected chi connectivity index (χ0v) is 11.2. The number of hydrogen-bond donors (Lipinski definition) is 0. The summed E-state index contributed by atoms with van der Waals surface area (Å²) in [5.74, 6) is 0.477. The number of nitrogens with zero attached hydrogens (tertiary/aromatic N) is 2. The maximum absolute atomic E-state index is 12.2. The van der Waals surface area contributed by atoms with E-state index in [0.717, 1.165) is 0 Å². The van der Waals surface area contributed by atoms with Crippen molar-refractivity contribution < 1.29 is 14.3 Å². The van der Waals surface area contributed by atoms with Crippen molar-refractivity contribution in [2.45, 2.75) is 13.8 Å². The van der Waals surface area contributed by atoms with Crippen LogP contribution < -0.4 is 4.74 Å². The summed E-state index contributed by atoms with van der Waals surface area (Å²) in [6.07, 6.45) is 0. The zero-order chi connectivity index (χ0) is 14.5. The van der Waals surface area contributed by atoms with Crippen LogP contribution >= 0.6 is 0 Å². The average molecular weight is 266 g/mol. The molecule has 0 aromatic heterocycles. The van der Waals surface area contributed by atoms with Gasteiger partial charge in [-0.3, -0.25) is 10.1 Å². The van der Waals surface area contributed by atoms with E-state index in [9.17, 15) is 15.3 Å². The summed E-state index contributed by atoms with van der Waals surface area (Å²) in [5.41, 5.74) is 0.436. The molecule has 0 spiro atoms. The Morgan fingerprint density at radius 1 is 1.32 bits per heavy atom. The number of ether oxygens (including phenoxy) is 1. The Kier molecular flexibility index (Phi) is 5.02. The molecule has 6 heteroatoms. The monoisotopic (exact) mass is 266 g/mol. The van der Waals surface area contributed by atoms with Gasteiger partial charge < -0.3 is 14.6 Å². The molecule has 0 atom stereocenters. The molecule has 0 saturated heterocycles. The molecule has 0 radical (unpaired) electrons. The SMILES string of the molecule is C=C(COc1ccc([N+](=O)[O-])cc1)[N+]([O-])(CC)CC. The molecule has 6 nitrogen and oxygen atoms in total. The molecule has 0 aliphatic heterocycles. The molecule has 1 aromatic rings. The molecule has 1 aromatic carbocycles. The highest BCUT2D eigenvalue weighted by Gasteiger charge is 2.17. The fourth-order valence-corrected chi connectivity index (χ4v) is 1.62. The van der Waals surface area contributed by atoms with Crippen molar-refractivity contribution in [3.63, 3.8) is 0 Å². The highest BCUT2D eigenvalue weighted by Crippen LogP contribution is 2.19. The van der Waals surface area contributed by atoms with Crippen LogP contribution in [0.3, 0.4) is 0 Å². The van der Waals surface area contributed by atoms with Gasteiger partial charge in [-0.1, -0.05) is 0 Å². The van der Waals surface area contributed by atoms with Gasteiger partial charge in [0.25, 0.3) is 5.69 Å². The first kappa shape index (κ1) is 15.1. The predicted molar refractivity (Wildman–Crippen MR) is 72.4 cm³/mol. The lowest BCUT2D eigenvalue weighted by Crippen LogP contribution is -2.42. The van der Waals surface area contributed by atoms with E-state index in [2.05, 4.69) is 6.58 Å². The molecule has 0 unspecified atom stereocenters. The van der Waals surface area contributed by atoms with E-state index < -0.39 is 9.57 Å². The minimum Gasteiger partial charge on any atom is -0.628 e. The third-order valence-electron chi connectivity index (χ3n) is 3.05. The van der Waals surface area contributed by atoms with Gasteiger partial charge in [-0.25, -0.2) is 0 Å². The van der Waals surface area contributed by atoms with Crippen LogP contribution in [-0.4, -0.2) is 29.3 Å². The minimum atomic E-state index is -0.493. The smallest absolute Gasteiger partial charge is 0.269 e. The summed E-state index contributed by atoms with van der Waals surface area (Å²) in [5, 5.41) is 22.7. The Morgan fingerprint density at radius 3 is 2.26 bits per heavy atom. The van der Waals surface area contributed by atoms with Gasteiger partial charge in [0.05, 0.1) is 18.0 Å². The fraction of sp³-hybridized carbons (Fsp3) is 0.385. The lowest BCUT2D eigenvalue weighted by molar-refractivity contribution is -0.839. The molecule has 0 heterocycles. The second kappa shape index (κ2) is 6.31. The topological polar surface area (TPSA) is 75.4 Å². The Hall–Kier alpha value is -1.92. The molecule has 0 aliphatic rings. The van der Waals surface area contributed by atoms with Crippen LogP contribution in [0.25, 0.3) is 0 Å². The molecule has 0 fully saturated rings. The lowest BCUT2D eigenvalue weighted by Gasteiger charge is -2.41. The Balaban J connectivity index is 2.62. The quantitative estimate of drug-likeness (QED) is 0.432. The molecule has 0 aliphatic carbocycles. The summed E-state index contributed by atoms with van der Waals surface area (Å²) in [7, 11) is 0. The van der Waals surface area contributed by atoms with E-state index in [1.54, 1.807) is 13.8 Å². The van der Waals surface area contributed by atoms with Crippen molar-refractivity contribution >= 4 is 5.69 Å². The van der Waals surface area contributed by atoms with E-state index in [-0.39, 0.29) is 12.3 Å². The van der Waals surface area contributed by atoms with Crippen molar-refractivity contribution in [3.05, 3.63) is 51.9 Å². The fourth-order valence-electron chi connectivity index (χ4n) is 1.62. The normalized spacial score (nSPS) is 11.1. The van der Waals surface area contributed by atoms with Crippen LogP contribution in [0.2, 0.25) is 0 Å². The molecule has 0 amide bonds. The molecule has 0 N–H and O–H groups in total. The van der Waals surface area contributed by atoms with Crippen LogP contribution in [0.15, 0.2) is 36.5 Å². The first-order chi connectivity index (χ1) is 8.92. The van der Waals surface area contributed by atoms with E-state index >= 15 is 0 Å². The van der Waals surface area contributed by atoms with Crippen LogP contribution in [0, 0.1) is 15.3 Å². The van der Waals surface area contributed by atoms with Crippen LogP contribution in [-0.2, 0) is 0 Å². The van der Waals surface area contributed by atoms with E-state index in [1.165, 1.54) is 24.3 Å². The number of benzene rings is 1. The van der Waals surface area contributed by atoms with Gasteiger partial charge in [0.1, 0.15) is 11.4 Å². The highest BCUT2D eigenvalue weighted by molar-refractivity contribution is 5.36. The average Bonchev–Trinajstić information content (AvgIpc) is 2.44. The molecule has 19 heavy (non-hydrogen) atoms. The van der Waals surface area contributed by atoms with Crippen molar-refractivity contribution in [3.8, 4) is 5.75 Å². The third-order valence-corrected chi connectivity index (χ3v) is 3.05. The number of likely N-dealkylation sites (N-methyl/N-ethyl adjacent to an activating group) is 1. The summed E-state index contributed by atoms with van der Waals surface area (Å²) in [4.78, 5) is 10.0. The van der Waals surface area contributed by atoms with Crippen molar-refractivity contribution in [1.82, 2.24) is 0 Å². The molecule has 1 rings (SSSR count). The van der Waals surface area contributed by atoms with Crippen LogP contribution in [0.1, 0.15) is 13.8 Å². The number of nitro benzene ring substituents is 1. The zero-order valence-electron chi connectivity index (χ0n) is 11.2. The third kappa shape index (κ3) is 3.77. The van der Waals surface area contributed by atoms with Gasteiger partial charge in [0.15, 0.2) is 6.61 Å². The number of nitro groups is 1.